The summed E-state index contributed by atoms with van der Waals surface area (Å²) in [5.41, 5.74) is 3.12. The molecule has 0 spiro atoms. The van der Waals surface area contributed by atoms with E-state index in [9.17, 15) is 4.79 Å². The van der Waals surface area contributed by atoms with Crippen molar-refractivity contribution in [3.8, 4) is 17.0 Å². The van der Waals surface area contributed by atoms with Crippen LogP contribution < -0.4 is 4.74 Å². The van der Waals surface area contributed by atoms with Gasteiger partial charge in [-0.15, -0.1) is 0 Å². The highest BCUT2D eigenvalue weighted by Gasteiger charge is 2.14. The summed E-state index contributed by atoms with van der Waals surface area (Å²) in [4.78, 5) is 13.8. The van der Waals surface area contributed by atoms with Gasteiger partial charge >= 0.3 is 0 Å². The molecule has 26 heavy (non-hydrogen) atoms. The van der Waals surface area contributed by atoms with Gasteiger partial charge in [0.25, 0.3) is 0 Å². The lowest BCUT2D eigenvalue weighted by molar-refractivity contribution is -0.117. The molecule has 2 rings (SSSR count). The van der Waals surface area contributed by atoms with Crippen LogP contribution in [0.5, 0.6) is 5.75 Å². The van der Waals surface area contributed by atoms with Gasteiger partial charge in [-0.3, -0.25) is 9.48 Å². The van der Waals surface area contributed by atoms with Crippen LogP contribution in [-0.4, -0.2) is 40.2 Å². The molecular weight excluding hydrogens is 326 g/mol. The third-order valence-corrected chi connectivity index (χ3v) is 4.06. The molecule has 2 aromatic rings. The Morgan fingerprint density at radius 1 is 1.27 bits per heavy atom. The van der Waals surface area contributed by atoms with Gasteiger partial charge in [0.15, 0.2) is 5.78 Å². The molecule has 1 heterocycles. The first-order chi connectivity index (χ1) is 12.4. The Morgan fingerprint density at radius 3 is 2.54 bits per heavy atom. The Balaban J connectivity index is 2.26. The number of hydrogen-bond donors (Lipinski definition) is 0. The van der Waals surface area contributed by atoms with E-state index in [2.05, 4.69) is 24.0 Å². The summed E-state index contributed by atoms with van der Waals surface area (Å²) in [6.45, 7) is 9.99. The largest absolute Gasteiger partial charge is 0.491 e. The second-order valence-corrected chi connectivity index (χ2v) is 7.18. The first kappa shape index (κ1) is 20.2. The van der Waals surface area contributed by atoms with Gasteiger partial charge in [-0.25, -0.2) is 0 Å². The SMILES string of the molecule is CCCCN(C)Cc1cn(CC(C)=O)nc1-c1ccc(OC(C)C)cc1. The van der Waals surface area contributed by atoms with E-state index in [4.69, 9.17) is 4.74 Å². The first-order valence-electron chi connectivity index (χ1n) is 9.40. The van der Waals surface area contributed by atoms with Crippen molar-refractivity contribution in [3.63, 3.8) is 0 Å². The third-order valence-electron chi connectivity index (χ3n) is 4.06. The van der Waals surface area contributed by atoms with E-state index in [1.165, 1.54) is 12.8 Å². The predicted molar refractivity (Wildman–Crippen MR) is 105 cm³/mol. The van der Waals surface area contributed by atoms with Crippen LogP contribution in [0.2, 0.25) is 0 Å². The second kappa shape index (κ2) is 9.53. The monoisotopic (exact) mass is 357 g/mol. The zero-order chi connectivity index (χ0) is 19.1. The number of hydrogen-bond acceptors (Lipinski definition) is 4. The number of benzene rings is 1. The lowest BCUT2D eigenvalue weighted by Gasteiger charge is -2.16. The Bertz CT molecular complexity index is 705. The van der Waals surface area contributed by atoms with E-state index >= 15 is 0 Å². The fourth-order valence-electron chi connectivity index (χ4n) is 2.89. The van der Waals surface area contributed by atoms with Gasteiger partial charge in [0.05, 0.1) is 18.3 Å². The van der Waals surface area contributed by atoms with Crippen molar-refractivity contribution in [2.75, 3.05) is 13.6 Å². The van der Waals surface area contributed by atoms with Crippen molar-refractivity contribution in [1.82, 2.24) is 14.7 Å². The van der Waals surface area contributed by atoms with Crippen LogP contribution in [-0.2, 0) is 17.9 Å². The van der Waals surface area contributed by atoms with E-state index in [1.54, 1.807) is 11.6 Å². The highest BCUT2D eigenvalue weighted by molar-refractivity contribution is 5.75. The molecule has 0 aliphatic rings. The minimum absolute atomic E-state index is 0.102. The number of ketones is 1. The van der Waals surface area contributed by atoms with Crippen molar-refractivity contribution < 1.29 is 9.53 Å². The Hall–Kier alpha value is -2.14. The summed E-state index contributed by atoms with van der Waals surface area (Å²) in [7, 11) is 2.13. The van der Waals surface area contributed by atoms with Crippen molar-refractivity contribution in [2.24, 2.45) is 0 Å². The first-order valence-corrected chi connectivity index (χ1v) is 9.40. The van der Waals surface area contributed by atoms with Crippen LogP contribution in [0.1, 0.15) is 46.1 Å². The number of Topliss-reactive ketones (excluding diaryl/α,β-unsaturated/α-hetero) is 1. The van der Waals surface area contributed by atoms with Crippen LogP contribution in [0.3, 0.4) is 0 Å². The lowest BCUT2D eigenvalue weighted by atomic mass is 10.1. The molecule has 0 N–H and O–H groups in total. The second-order valence-electron chi connectivity index (χ2n) is 7.18. The molecular formula is C21H31N3O2. The molecule has 5 heteroatoms. The molecule has 0 unspecified atom stereocenters. The average molecular weight is 357 g/mol. The maximum atomic E-state index is 11.5. The number of ether oxygens (including phenoxy) is 1. The maximum Gasteiger partial charge on any atom is 0.151 e. The minimum Gasteiger partial charge on any atom is -0.491 e. The summed E-state index contributed by atoms with van der Waals surface area (Å²) in [5, 5.41) is 4.67. The quantitative estimate of drug-likeness (QED) is 0.641. The van der Waals surface area contributed by atoms with Crippen molar-refractivity contribution in [3.05, 3.63) is 36.0 Å². The molecule has 0 saturated carbocycles. The molecule has 0 aliphatic heterocycles. The van der Waals surface area contributed by atoms with E-state index in [1.807, 2.05) is 44.3 Å². The highest BCUT2D eigenvalue weighted by atomic mass is 16.5. The van der Waals surface area contributed by atoms with Gasteiger partial charge in [-0.05, 0) is 65.0 Å². The van der Waals surface area contributed by atoms with Gasteiger partial charge in [0, 0.05) is 23.9 Å². The summed E-state index contributed by atoms with van der Waals surface area (Å²) in [6, 6.07) is 8.02. The van der Waals surface area contributed by atoms with Gasteiger partial charge in [0.1, 0.15) is 5.75 Å². The molecule has 0 atom stereocenters. The van der Waals surface area contributed by atoms with E-state index in [-0.39, 0.29) is 11.9 Å². The average Bonchev–Trinajstić information content (AvgIpc) is 2.94. The number of nitrogens with zero attached hydrogens (tertiary/aromatic N) is 3. The topological polar surface area (TPSA) is 47.4 Å². The van der Waals surface area contributed by atoms with E-state index < -0.39 is 0 Å². The highest BCUT2D eigenvalue weighted by Crippen LogP contribution is 2.26. The van der Waals surface area contributed by atoms with Crippen LogP contribution in [0.15, 0.2) is 30.5 Å². The number of rotatable bonds is 10. The Morgan fingerprint density at radius 2 is 1.96 bits per heavy atom. The molecule has 0 fully saturated rings. The van der Waals surface area contributed by atoms with Gasteiger partial charge in [0.2, 0.25) is 0 Å². The molecule has 5 nitrogen and oxygen atoms in total. The minimum atomic E-state index is 0.102. The molecule has 0 saturated heterocycles. The normalized spacial score (nSPS) is 11.3. The zero-order valence-corrected chi connectivity index (χ0v) is 16.7. The Kier molecular flexibility index (Phi) is 7.39. The fourth-order valence-corrected chi connectivity index (χ4v) is 2.89. The van der Waals surface area contributed by atoms with Crippen LogP contribution >= 0.6 is 0 Å². The van der Waals surface area contributed by atoms with Crippen molar-refractivity contribution in [1.29, 1.82) is 0 Å². The standard InChI is InChI=1S/C21H31N3O2/c1-6-7-12-23(5)14-19-15-24(13-17(4)25)22-21(19)18-8-10-20(11-9-18)26-16(2)3/h8-11,15-16H,6-7,12-14H2,1-5H3. The lowest BCUT2D eigenvalue weighted by Crippen LogP contribution is -2.19. The predicted octanol–water partition coefficient (Wildman–Crippen LogP) is 4.16. The summed E-state index contributed by atoms with van der Waals surface area (Å²) >= 11 is 0. The molecule has 0 aliphatic carbocycles. The van der Waals surface area contributed by atoms with Crippen LogP contribution in [0, 0.1) is 0 Å². The number of carbonyl (C=O) groups excluding carboxylic acids is 1. The van der Waals surface area contributed by atoms with E-state index in [0.29, 0.717) is 6.54 Å². The number of aromatic nitrogens is 2. The van der Waals surface area contributed by atoms with Crippen LogP contribution in [0.25, 0.3) is 11.3 Å². The molecule has 0 radical (unpaired) electrons. The van der Waals surface area contributed by atoms with E-state index in [0.717, 1.165) is 35.7 Å². The summed E-state index contributed by atoms with van der Waals surface area (Å²) < 4.78 is 7.47. The van der Waals surface area contributed by atoms with Crippen molar-refractivity contribution >= 4 is 5.78 Å². The van der Waals surface area contributed by atoms with Gasteiger partial charge in [-0.1, -0.05) is 13.3 Å². The van der Waals surface area contributed by atoms with Crippen molar-refractivity contribution in [2.45, 2.75) is 59.7 Å². The summed E-state index contributed by atoms with van der Waals surface area (Å²) in [5.74, 6) is 0.958. The third kappa shape index (κ3) is 5.99. The Labute approximate surface area is 157 Å². The molecule has 1 aromatic heterocycles. The summed E-state index contributed by atoms with van der Waals surface area (Å²) in [6.07, 6.45) is 4.50. The molecule has 0 bridgehead atoms. The number of unbranched alkanes of at least 4 members (excludes halogenated alkanes) is 1. The fraction of sp³-hybridized carbons (Fsp3) is 0.524. The molecule has 1 aromatic carbocycles. The molecule has 0 amide bonds. The smallest absolute Gasteiger partial charge is 0.151 e. The zero-order valence-electron chi connectivity index (χ0n) is 16.7. The van der Waals surface area contributed by atoms with Gasteiger partial charge in [-0.2, -0.15) is 5.10 Å². The maximum absolute atomic E-state index is 11.5. The number of carbonyl (C=O) groups is 1. The molecule has 142 valence electrons. The van der Waals surface area contributed by atoms with Crippen LogP contribution in [0.4, 0.5) is 0 Å². The van der Waals surface area contributed by atoms with Gasteiger partial charge < -0.3 is 9.64 Å².